The van der Waals surface area contributed by atoms with Gasteiger partial charge in [-0.2, -0.15) is 0 Å². The number of nitrogens with zero attached hydrogens (tertiary/aromatic N) is 3. The number of halogens is 1. The van der Waals surface area contributed by atoms with Crippen LogP contribution in [0.1, 0.15) is 15.4 Å². The van der Waals surface area contributed by atoms with E-state index in [1.807, 2.05) is 20.3 Å². The lowest BCUT2D eigenvalue weighted by molar-refractivity contribution is 0.477. The summed E-state index contributed by atoms with van der Waals surface area (Å²) >= 11 is 5.21. The highest BCUT2D eigenvalue weighted by atomic mass is 79.9. The van der Waals surface area contributed by atoms with Gasteiger partial charge >= 0.3 is 0 Å². The van der Waals surface area contributed by atoms with Crippen LogP contribution < -0.4 is 5.32 Å². The second kappa shape index (κ2) is 8.29. The van der Waals surface area contributed by atoms with Crippen molar-refractivity contribution in [1.82, 2.24) is 15.2 Å². The molecule has 1 aromatic heterocycles. The van der Waals surface area contributed by atoms with Crippen molar-refractivity contribution in [3.63, 3.8) is 0 Å². The predicted octanol–water partition coefficient (Wildman–Crippen LogP) is 3.46. The molecule has 0 atom stereocenters. The summed E-state index contributed by atoms with van der Waals surface area (Å²) in [4.78, 5) is 12.1. The Hall–Kier alpha value is -1.40. The third-order valence-electron chi connectivity index (χ3n) is 3.20. The maximum absolute atomic E-state index is 4.38. The second-order valence-corrected chi connectivity index (χ2v) is 7.31. The molecule has 0 saturated carbocycles. The summed E-state index contributed by atoms with van der Waals surface area (Å²) in [5, 5.41) is 4.55. The molecule has 0 radical (unpaired) electrons. The SMILES string of the molecule is CN=C(NCCc1ncc(C)s1)N(C)Cc1ccc(Br)cc1. The minimum absolute atomic E-state index is 0.823. The first kappa shape index (κ1) is 17.0. The van der Waals surface area contributed by atoms with Crippen molar-refractivity contribution in [3.8, 4) is 0 Å². The van der Waals surface area contributed by atoms with Crippen molar-refractivity contribution in [2.45, 2.75) is 19.9 Å². The lowest BCUT2D eigenvalue weighted by Gasteiger charge is -2.22. The summed E-state index contributed by atoms with van der Waals surface area (Å²) in [5.41, 5.74) is 1.25. The Morgan fingerprint density at radius 3 is 2.68 bits per heavy atom. The quantitative estimate of drug-likeness (QED) is 0.637. The number of hydrogen-bond donors (Lipinski definition) is 1. The number of hydrogen-bond acceptors (Lipinski definition) is 3. The van der Waals surface area contributed by atoms with Crippen molar-refractivity contribution in [3.05, 3.63) is 50.4 Å². The van der Waals surface area contributed by atoms with E-state index in [4.69, 9.17) is 0 Å². The minimum atomic E-state index is 0.823. The molecule has 118 valence electrons. The van der Waals surface area contributed by atoms with Gasteiger partial charge in [0.15, 0.2) is 5.96 Å². The molecule has 0 amide bonds. The van der Waals surface area contributed by atoms with Gasteiger partial charge < -0.3 is 10.2 Å². The van der Waals surface area contributed by atoms with E-state index < -0.39 is 0 Å². The van der Waals surface area contributed by atoms with E-state index in [-0.39, 0.29) is 0 Å². The highest BCUT2D eigenvalue weighted by Gasteiger charge is 2.07. The molecule has 0 aliphatic rings. The van der Waals surface area contributed by atoms with Gasteiger partial charge in [-0.15, -0.1) is 11.3 Å². The van der Waals surface area contributed by atoms with Crippen LogP contribution in [0.5, 0.6) is 0 Å². The van der Waals surface area contributed by atoms with Gasteiger partial charge in [0.2, 0.25) is 0 Å². The van der Waals surface area contributed by atoms with Crippen molar-refractivity contribution in [1.29, 1.82) is 0 Å². The van der Waals surface area contributed by atoms with Crippen LogP contribution in [-0.4, -0.2) is 36.5 Å². The maximum atomic E-state index is 4.38. The highest BCUT2D eigenvalue weighted by molar-refractivity contribution is 9.10. The Bertz CT molecular complexity index is 621. The fourth-order valence-electron chi connectivity index (χ4n) is 2.12. The standard InChI is InChI=1S/C16H21BrN4S/c1-12-10-20-15(22-12)8-9-19-16(18-2)21(3)11-13-4-6-14(17)7-5-13/h4-7,10H,8-9,11H2,1-3H3,(H,18,19). The first-order valence-corrected chi connectivity index (χ1v) is 8.77. The van der Waals surface area contributed by atoms with Crippen LogP contribution in [0.4, 0.5) is 0 Å². The molecule has 1 aromatic carbocycles. The Morgan fingerprint density at radius 2 is 2.09 bits per heavy atom. The van der Waals surface area contributed by atoms with E-state index in [1.165, 1.54) is 10.4 Å². The first-order valence-electron chi connectivity index (χ1n) is 7.16. The highest BCUT2D eigenvalue weighted by Crippen LogP contribution is 2.12. The van der Waals surface area contributed by atoms with Gasteiger partial charge in [0, 0.05) is 49.2 Å². The first-order chi connectivity index (χ1) is 10.6. The molecule has 0 fully saturated rings. The average molecular weight is 381 g/mol. The third-order valence-corrected chi connectivity index (χ3v) is 4.70. The molecule has 0 aliphatic heterocycles. The largest absolute Gasteiger partial charge is 0.356 e. The number of rotatable bonds is 5. The van der Waals surface area contributed by atoms with E-state index in [1.54, 1.807) is 11.3 Å². The number of nitrogens with one attached hydrogen (secondary N) is 1. The molecular weight excluding hydrogens is 360 g/mol. The molecule has 1 N–H and O–H groups in total. The molecule has 2 aromatic rings. The minimum Gasteiger partial charge on any atom is -0.356 e. The van der Waals surface area contributed by atoms with Gasteiger partial charge in [0.05, 0.1) is 5.01 Å². The van der Waals surface area contributed by atoms with Crippen LogP contribution in [0.25, 0.3) is 0 Å². The van der Waals surface area contributed by atoms with Gasteiger partial charge in [-0.25, -0.2) is 4.98 Å². The molecule has 0 spiro atoms. The van der Waals surface area contributed by atoms with Crippen LogP contribution in [0.15, 0.2) is 39.9 Å². The monoisotopic (exact) mass is 380 g/mol. The number of aryl methyl sites for hydroxylation is 1. The second-order valence-electron chi connectivity index (χ2n) is 5.07. The molecule has 4 nitrogen and oxygen atoms in total. The van der Waals surface area contributed by atoms with E-state index in [0.717, 1.165) is 35.0 Å². The van der Waals surface area contributed by atoms with Gasteiger partial charge in [-0.1, -0.05) is 28.1 Å². The topological polar surface area (TPSA) is 40.5 Å². The number of aromatic nitrogens is 1. The van der Waals surface area contributed by atoms with Gasteiger partial charge in [0.25, 0.3) is 0 Å². The molecule has 6 heteroatoms. The van der Waals surface area contributed by atoms with Crippen molar-refractivity contribution < 1.29 is 0 Å². The summed E-state index contributed by atoms with van der Waals surface area (Å²) in [5.74, 6) is 0.899. The maximum Gasteiger partial charge on any atom is 0.193 e. The number of thiazole rings is 1. The van der Waals surface area contributed by atoms with E-state index in [0.29, 0.717) is 0 Å². The molecule has 0 aliphatic carbocycles. The molecule has 0 unspecified atom stereocenters. The number of benzene rings is 1. The van der Waals surface area contributed by atoms with E-state index in [9.17, 15) is 0 Å². The molecule has 22 heavy (non-hydrogen) atoms. The summed E-state index contributed by atoms with van der Waals surface area (Å²) in [6.07, 6.45) is 2.85. The zero-order valence-electron chi connectivity index (χ0n) is 13.1. The lowest BCUT2D eigenvalue weighted by atomic mass is 10.2. The molecule has 1 heterocycles. The normalized spacial score (nSPS) is 11.5. The Balaban J connectivity index is 1.83. The number of guanidine groups is 1. The zero-order valence-corrected chi connectivity index (χ0v) is 15.5. The molecule has 2 rings (SSSR count). The van der Waals surface area contributed by atoms with Crippen LogP contribution >= 0.6 is 27.3 Å². The van der Waals surface area contributed by atoms with E-state index in [2.05, 4.69) is 67.3 Å². The Labute approximate surface area is 144 Å². The van der Waals surface area contributed by atoms with Crippen LogP contribution in [0.2, 0.25) is 0 Å². The van der Waals surface area contributed by atoms with Gasteiger partial charge in [0.1, 0.15) is 0 Å². The number of aliphatic imine (C=N–C) groups is 1. The Kier molecular flexibility index (Phi) is 6.39. The molecular formula is C16H21BrN4S. The zero-order chi connectivity index (χ0) is 15.9. The van der Waals surface area contributed by atoms with E-state index >= 15 is 0 Å². The van der Waals surface area contributed by atoms with Crippen LogP contribution in [0, 0.1) is 6.92 Å². The average Bonchev–Trinajstić information content (AvgIpc) is 2.91. The molecule has 0 saturated heterocycles. The van der Waals surface area contributed by atoms with Gasteiger partial charge in [-0.3, -0.25) is 4.99 Å². The smallest absolute Gasteiger partial charge is 0.193 e. The van der Waals surface area contributed by atoms with Crippen LogP contribution in [0.3, 0.4) is 0 Å². The van der Waals surface area contributed by atoms with Crippen molar-refractivity contribution >= 4 is 33.2 Å². The fraction of sp³-hybridized carbons (Fsp3) is 0.375. The van der Waals surface area contributed by atoms with Crippen molar-refractivity contribution in [2.24, 2.45) is 4.99 Å². The third kappa shape index (κ3) is 5.10. The Morgan fingerprint density at radius 1 is 1.36 bits per heavy atom. The van der Waals surface area contributed by atoms with Gasteiger partial charge in [-0.05, 0) is 24.6 Å². The molecule has 0 bridgehead atoms. The predicted molar refractivity (Wildman–Crippen MR) is 97.5 cm³/mol. The summed E-state index contributed by atoms with van der Waals surface area (Å²) in [6, 6.07) is 8.35. The summed E-state index contributed by atoms with van der Waals surface area (Å²) in [6.45, 7) is 3.74. The van der Waals surface area contributed by atoms with Crippen LogP contribution in [-0.2, 0) is 13.0 Å². The fourth-order valence-corrected chi connectivity index (χ4v) is 3.17. The van der Waals surface area contributed by atoms with Crippen molar-refractivity contribution in [2.75, 3.05) is 20.6 Å². The summed E-state index contributed by atoms with van der Waals surface area (Å²) in [7, 11) is 3.86. The summed E-state index contributed by atoms with van der Waals surface area (Å²) < 4.78 is 1.10. The lowest BCUT2D eigenvalue weighted by Crippen LogP contribution is -2.39.